The molecule has 0 spiro atoms. The van der Waals surface area contributed by atoms with Crippen LogP contribution in [0.25, 0.3) is 0 Å². The SMILES string of the molecule is CCNC1CCC(C(C)(C)C)CC1N(CC)CC(C)C. The highest BCUT2D eigenvalue weighted by Gasteiger charge is 2.37. The summed E-state index contributed by atoms with van der Waals surface area (Å²) in [6.45, 7) is 20.0. The molecule has 1 rings (SSSR count). The second-order valence-corrected chi connectivity index (χ2v) is 8.09. The zero-order valence-electron chi connectivity index (χ0n) is 15.0. The molecule has 120 valence electrons. The molecule has 1 saturated carbocycles. The van der Waals surface area contributed by atoms with Gasteiger partial charge < -0.3 is 5.32 Å². The molecule has 1 N–H and O–H groups in total. The van der Waals surface area contributed by atoms with Crippen LogP contribution >= 0.6 is 0 Å². The minimum Gasteiger partial charge on any atom is -0.313 e. The third-order valence-corrected chi connectivity index (χ3v) is 4.98. The highest BCUT2D eigenvalue weighted by atomic mass is 15.2. The molecule has 3 unspecified atom stereocenters. The molecule has 20 heavy (non-hydrogen) atoms. The molecule has 1 aliphatic carbocycles. The molecule has 0 aromatic rings. The van der Waals surface area contributed by atoms with E-state index in [9.17, 15) is 0 Å². The second kappa shape index (κ2) is 7.79. The zero-order chi connectivity index (χ0) is 15.3. The summed E-state index contributed by atoms with van der Waals surface area (Å²) in [4.78, 5) is 2.73. The van der Waals surface area contributed by atoms with Crippen LogP contribution in [0.4, 0.5) is 0 Å². The molecule has 0 saturated heterocycles. The van der Waals surface area contributed by atoms with Gasteiger partial charge in [-0.3, -0.25) is 4.90 Å². The van der Waals surface area contributed by atoms with Gasteiger partial charge in [0.15, 0.2) is 0 Å². The van der Waals surface area contributed by atoms with Gasteiger partial charge in [0, 0.05) is 18.6 Å². The first-order chi connectivity index (χ1) is 9.29. The molecule has 1 fully saturated rings. The number of likely N-dealkylation sites (N-methyl/N-ethyl adjacent to an activating group) is 2. The Balaban J connectivity index is 2.81. The van der Waals surface area contributed by atoms with Crippen molar-refractivity contribution < 1.29 is 0 Å². The maximum Gasteiger partial charge on any atom is 0.0252 e. The molecule has 0 bridgehead atoms. The molecule has 3 atom stereocenters. The van der Waals surface area contributed by atoms with Crippen LogP contribution in [0.2, 0.25) is 0 Å². The third kappa shape index (κ3) is 5.04. The lowest BCUT2D eigenvalue weighted by atomic mass is 9.69. The van der Waals surface area contributed by atoms with Crippen molar-refractivity contribution in [3.63, 3.8) is 0 Å². The summed E-state index contributed by atoms with van der Waals surface area (Å²) < 4.78 is 0. The van der Waals surface area contributed by atoms with Crippen LogP contribution in [0.1, 0.15) is 67.7 Å². The number of hydrogen-bond donors (Lipinski definition) is 1. The molecular formula is C18H38N2. The zero-order valence-corrected chi connectivity index (χ0v) is 15.0. The highest BCUT2D eigenvalue weighted by Crippen LogP contribution is 2.39. The first kappa shape index (κ1) is 18.0. The van der Waals surface area contributed by atoms with E-state index >= 15 is 0 Å². The standard InChI is InChI=1S/C18H38N2/c1-8-19-16-11-10-15(18(5,6)7)12-17(16)20(9-2)13-14(3)4/h14-17,19H,8-13H2,1-7H3. The minimum atomic E-state index is 0.451. The van der Waals surface area contributed by atoms with Crippen LogP contribution in [-0.2, 0) is 0 Å². The molecular weight excluding hydrogens is 244 g/mol. The smallest absolute Gasteiger partial charge is 0.0252 e. The largest absolute Gasteiger partial charge is 0.313 e. The lowest BCUT2D eigenvalue weighted by Crippen LogP contribution is -2.55. The van der Waals surface area contributed by atoms with Crippen molar-refractivity contribution >= 4 is 0 Å². The van der Waals surface area contributed by atoms with Gasteiger partial charge >= 0.3 is 0 Å². The normalized spacial score (nSPS) is 28.4. The van der Waals surface area contributed by atoms with Gasteiger partial charge in [-0.15, -0.1) is 0 Å². The fourth-order valence-electron chi connectivity index (χ4n) is 3.81. The molecule has 0 aliphatic heterocycles. The summed E-state index contributed by atoms with van der Waals surface area (Å²) in [5.74, 6) is 1.62. The summed E-state index contributed by atoms with van der Waals surface area (Å²) >= 11 is 0. The van der Waals surface area contributed by atoms with Gasteiger partial charge in [-0.2, -0.15) is 0 Å². The average Bonchev–Trinajstić information content (AvgIpc) is 2.35. The van der Waals surface area contributed by atoms with Crippen LogP contribution in [0.5, 0.6) is 0 Å². The molecule has 0 aromatic heterocycles. The molecule has 1 aliphatic rings. The highest BCUT2D eigenvalue weighted by molar-refractivity contribution is 4.94. The van der Waals surface area contributed by atoms with Crippen molar-refractivity contribution in [2.45, 2.75) is 79.8 Å². The van der Waals surface area contributed by atoms with Crippen LogP contribution in [0.3, 0.4) is 0 Å². The average molecular weight is 283 g/mol. The van der Waals surface area contributed by atoms with E-state index in [-0.39, 0.29) is 0 Å². The van der Waals surface area contributed by atoms with E-state index in [2.05, 4.69) is 58.7 Å². The summed E-state index contributed by atoms with van der Waals surface area (Å²) in [6, 6.07) is 1.41. The van der Waals surface area contributed by atoms with E-state index in [1.54, 1.807) is 0 Å². The fourth-order valence-corrected chi connectivity index (χ4v) is 3.81. The van der Waals surface area contributed by atoms with Crippen molar-refractivity contribution in [2.75, 3.05) is 19.6 Å². The Morgan fingerprint density at radius 3 is 2.25 bits per heavy atom. The maximum atomic E-state index is 3.75. The van der Waals surface area contributed by atoms with Crippen molar-refractivity contribution in [2.24, 2.45) is 17.3 Å². The van der Waals surface area contributed by atoms with E-state index in [0.717, 1.165) is 24.4 Å². The molecule has 2 heteroatoms. The third-order valence-electron chi connectivity index (χ3n) is 4.98. The molecule has 0 aromatic carbocycles. The first-order valence-corrected chi connectivity index (χ1v) is 8.77. The fraction of sp³-hybridized carbons (Fsp3) is 1.00. The lowest BCUT2D eigenvalue weighted by molar-refractivity contribution is 0.0550. The van der Waals surface area contributed by atoms with Gasteiger partial charge in [0.25, 0.3) is 0 Å². The molecule has 0 heterocycles. The van der Waals surface area contributed by atoms with Crippen molar-refractivity contribution in [1.82, 2.24) is 10.2 Å². The van der Waals surface area contributed by atoms with Crippen LogP contribution in [0.15, 0.2) is 0 Å². The summed E-state index contributed by atoms with van der Waals surface area (Å²) in [6.07, 6.45) is 4.09. The summed E-state index contributed by atoms with van der Waals surface area (Å²) in [5.41, 5.74) is 0.451. The van der Waals surface area contributed by atoms with Gasteiger partial charge in [0.2, 0.25) is 0 Å². The lowest BCUT2D eigenvalue weighted by Gasteiger charge is -2.46. The van der Waals surface area contributed by atoms with Crippen molar-refractivity contribution in [3.05, 3.63) is 0 Å². The molecule has 2 nitrogen and oxygen atoms in total. The van der Waals surface area contributed by atoms with Gasteiger partial charge in [0.05, 0.1) is 0 Å². The summed E-state index contributed by atoms with van der Waals surface area (Å²) in [5, 5.41) is 3.75. The Bertz CT molecular complexity index is 267. The number of rotatable bonds is 6. The van der Waals surface area contributed by atoms with E-state index in [1.807, 2.05) is 0 Å². The Labute approximate surface area is 127 Å². The number of hydrogen-bond acceptors (Lipinski definition) is 2. The van der Waals surface area contributed by atoms with Gasteiger partial charge in [0.1, 0.15) is 0 Å². The Morgan fingerprint density at radius 2 is 1.80 bits per heavy atom. The van der Waals surface area contributed by atoms with Crippen molar-refractivity contribution in [1.29, 1.82) is 0 Å². The molecule has 0 radical (unpaired) electrons. The Hall–Kier alpha value is -0.0800. The Morgan fingerprint density at radius 1 is 1.15 bits per heavy atom. The van der Waals surface area contributed by atoms with Crippen LogP contribution < -0.4 is 5.32 Å². The predicted octanol–water partition coefficient (Wildman–Crippen LogP) is 4.16. The minimum absolute atomic E-state index is 0.451. The Kier molecular flexibility index (Phi) is 7.00. The second-order valence-electron chi connectivity index (χ2n) is 8.09. The van der Waals surface area contributed by atoms with Crippen LogP contribution in [0, 0.1) is 17.3 Å². The monoisotopic (exact) mass is 282 g/mol. The number of nitrogens with one attached hydrogen (secondary N) is 1. The quantitative estimate of drug-likeness (QED) is 0.787. The van der Waals surface area contributed by atoms with E-state index in [0.29, 0.717) is 11.5 Å². The van der Waals surface area contributed by atoms with Gasteiger partial charge in [-0.1, -0.05) is 48.5 Å². The first-order valence-electron chi connectivity index (χ1n) is 8.77. The molecule has 0 amide bonds. The van der Waals surface area contributed by atoms with Crippen molar-refractivity contribution in [3.8, 4) is 0 Å². The van der Waals surface area contributed by atoms with Gasteiger partial charge in [-0.05, 0) is 49.6 Å². The number of nitrogens with zero attached hydrogens (tertiary/aromatic N) is 1. The van der Waals surface area contributed by atoms with E-state index < -0.39 is 0 Å². The topological polar surface area (TPSA) is 15.3 Å². The van der Waals surface area contributed by atoms with E-state index in [1.165, 1.54) is 32.4 Å². The van der Waals surface area contributed by atoms with Gasteiger partial charge in [-0.25, -0.2) is 0 Å². The maximum absolute atomic E-state index is 3.75. The summed E-state index contributed by atoms with van der Waals surface area (Å²) in [7, 11) is 0. The van der Waals surface area contributed by atoms with Crippen LogP contribution in [-0.4, -0.2) is 36.6 Å². The predicted molar refractivity (Wildman–Crippen MR) is 90.1 cm³/mol. The van der Waals surface area contributed by atoms with E-state index in [4.69, 9.17) is 0 Å².